The third-order valence-electron chi connectivity index (χ3n) is 7.11. The van der Waals surface area contributed by atoms with Crippen molar-refractivity contribution in [3.8, 4) is 51.6 Å². The third kappa shape index (κ3) is 7.69. The van der Waals surface area contributed by atoms with Crippen molar-refractivity contribution in [2.45, 2.75) is 72.1 Å². The van der Waals surface area contributed by atoms with E-state index in [1.807, 2.05) is 80.6 Å². The summed E-state index contributed by atoms with van der Waals surface area (Å²) < 4.78 is 18.4. The van der Waals surface area contributed by atoms with Gasteiger partial charge in [0, 0.05) is 22.3 Å². The molecule has 3 aromatic carbocycles. The fraction of sp³-hybridized carbons (Fsp3) is 0.353. The van der Waals surface area contributed by atoms with Gasteiger partial charge in [-0.2, -0.15) is 0 Å². The van der Waals surface area contributed by atoms with Crippen LogP contribution in [-0.4, -0.2) is 27.0 Å². The van der Waals surface area contributed by atoms with Gasteiger partial charge in [-0.1, -0.05) is 87.3 Å². The van der Waals surface area contributed by atoms with E-state index in [-0.39, 0.29) is 0 Å². The summed E-state index contributed by atoms with van der Waals surface area (Å²) in [4.78, 5) is 0. The van der Waals surface area contributed by atoms with Gasteiger partial charge in [-0.3, -0.25) is 0 Å². The van der Waals surface area contributed by atoms with Crippen molar-refractivity contribution in [1.29, 1.82) is 0 Å². The number of aromatic nitrogens is 4. The molecule has 0 spiro atoms. The minimum atomic E-state index is 0.401. The van der Waals surface area contributed by atoms with E-state index in [0.29, 0.717) is 35.9 Å². The molecule has 0 aliphatic rings. The lowest BCUT2D eigenvalue weighted by atomic mass is 10.1. The van der Waals surface area contributed by atoms with E-state index in [4.69, 9.17) is 13.6 Å². The number of hydrogen-bond donors (Lipinski definition) is 0. The molecule has 41 heavy (non-hydrogen) atoms. The minimum Gasteiger partial charge on any atom is -0.494 e. The number of unbranched alkanes of at least 4 members (excludes halogenated alkanes) is 7. The molecule has 7 nitrogen and oxygen atoms in total. The van der Waals surface area contributed by atoms with Gasteiger partial charge in [0.15, 0.2) is 0 Å². The predicted octanol–water partition coefficient (Wildman–Crippen LogP) is 9.26. The van der Waals surface area contributed by atoms with Crippen LogP contribution in [0.1, 0.15) is 69.4 Å². The molecule has 0 bridgehead atoms. The zero-order valence-corrected chi connectivity index (χ0v) is 24.2. The smallest absolute Gasteiger partial charge is 0.248 e. The SMILES string of the molecule is CCCCCCCCCCOc1cc(-c2nnc(-c3ccc(C)cc3)o2)cc(-c2nnc(-c3ccc(C)cc3)o2)c1. The van der Waals surface area contributed by atoms with Gasteiger partial charge in [0.2, 0.25) is 23.6 Å². The van der Waals surface area contributed by atoms with E-state index in [1.54, 1.807) is 0 Å². The Hall–Kier alpha value is -4.26. The van der Waals surface area contributed by atoms with E-state index in [2.05, 4.69) is 27.3 Å². The van der Waals surface area contributed by atoms with Gasteiger partial charge in [-0.25, -0.2) is 0 Å². The Labute approximate surface area is 242 Å². The summed E-state index contributed by atoms with van der Waals surface area (Å²) >= 11 is 0. The molecule has 5 aromatic rings. The molecular weight excluding hydrogens is 512 g/mol. The molecule has 0 amide bonds. The Bertz CT molecular complexity index is 1420. The first-order chi connectivity index (χ1) is 20.1. The molecule has 0 radical (unpaired) electrons. The topological polar surface area (TPSA) is 87.1 Å². The van der Waals surface area contributed by atoms with E-state index in [1.165, 1.54) is 49.7 Å². The van der Waals surface area contributed by atoms with Gasteiger partial charge >= 0.3 is 0 Å². The van der Waals surface area contributed by atoms with E-state index in [9.17, 15) is 0 Å². The van der Waals surface area contributed by atoms with Crippen LogP contribution in [0.4, 0.5) is 0 Å². The Balaban J connectivity index is 1.34. The largest absolute Gasteiger partial charge is 0.494 e. The van der Waals surface area contributed by atoms with Crippen molar-refractivity contribution in [2.24, 2.45) is 0 Å². The molecule has 0 fully saturated rings. The first kappa shape index (κ1) is 28.3. The summed E-state index contributed by atoms with van der Waals surface area (Å²) in [6, 6.07) is 21.8. The van der Waals surface area contributed by atoms with E-state index in [0.717, 1.165) is 35.1 Å². The second kappa shape index (κ2) is 13.9. The summed E-state index contributed by atoms with van der Waals surface area (Å²) in [5, 5.41) is 17.2. The lowest BCUT2D eigenvalue weighted by Gasteiger charge is -2.09. The molecule has 0 unspecified atom stereocenters. The fourth-order valence-corrected chi connectivity index (χ4v) is 4.66. The molecule has 0 aliphatic heterocycles. The van der Waals surface area contributed by atoms with Gasteiger partial charge < -0.3 is 13.6 Å². The maximum absolute atomic E-state index is 6.20. The Morgan fingerprint density at radius 2 is 0.927 bits per heavy atom. The number of aryl methyl sites for hydroxylation is 2. The Morgan fingerprint density at radius 3 is 1.39 bits per heavy atom. The molecule has 7 heteroatoms. The number of rotatable bonds is 14. The lowest BCUT2D eigenvalue weighted by Crippen LogP contribution is -1.98. The normalized spacial score (nSPS) is 11.2. The summed E-state index contributed by atoms with van der Waals surface area (Å²) in [5.74, 6) is 2.43. The number of nitrogens with zero attached hydrogens (tertiary/aromatic N) is 4. The number of ether oxygens (including phenoxy) is 1. The van der Waals surface area contributed by atoms with E-state index < -0.39 is 0 Å². The molecule has 0 atom stereocenters. The van der Waals surface area contributed by atoms with Crippen LogP contribution in [0.2, 0.25) is 0 Å². The molecule has 212 valence electrons. The highest BCUT2D eigenvalue weighted by molar-refractivity contribution is 5.69. The van der Waals surface area contributed by atoms with Crippen LogP contribution in [0.3, 0.4) is 0 Å². The minimum absolute atomic E-state index is 0.401. The summed E-state index contributed by atoms with van der Waals surface area (Å²) in [7, 11) is 0. The molecule has 0 N–H and O–H groups in total. The average Bonchev–Trinajstić information content (AvgIpc) is 3.68. The molecule has 2 aromatic heterocycles. The van der Waals surface area contributed by atoms with Gasteiger partial charge in [0.1, 0.15) is 5.75 Å². The quantitative estimate of drug-likeness (QED) is 0.127. The summed E-state index contributed by atoms with van der Waals surface area (Å²) in [5.41, 5.74) is 5.55. The van der Waals surface area contributed by atoms with Crippen LogP contribution in [0.25, 0.3) is 45.8 Å². The van der Waals surface area contributed by atoms with Crippen molar-refractivity contribution in [2.75, 3.05) is 6.61 Å². The van der Waals surface area contributed by atoms with Gasteiger partial charge in [-0.05, 0) is 62.7 Å². The zero-order valence-electron chi connectivity index (χ0n) is 24.2. The molecular formula is C34H38N4O3. The van der Waals surface area contributed by atoms with Crippen molar-refractivity contribution < 1.29 is 13.6 Å². The predicted molar refractivity (Wildman–Crippen MR) is 161 cm³/mol. The number of benzene rings is 3. The van der Waals surface area contributed by atoms with Crippen molar-refractivity contribution in [1.82, 2.24) is 20.4 Å². The molecule has 5 rings (SSSR count). The van der Waals surface area contributed by atoms with Crippen LogP contribution >= 0.6 is 0 Å². The lowest BCUT2D eigenvalue weighted by molar-refractivity contribution is 0.304. The van der Waals surface area contributed by atoms with E-state index >= 15 is 0 Å². The first-order valence-electron chi connectivity index (χ1n) is 14.7. The molecule has 0 saturated heterocycles. The molecule has 0 saturated carbocycles. The Kier molecular flexibility index (Phi) is 9.57. The third-order valence-corrected chi connectivity index (χ3v) is 7.11. The first-order valence-corrected chi connectivity index (χ1v) is 14.7. The highest BCUT2D eigenvalue weighted by Gasteiger charge is 2.17. The van der Waals surface area contributed by atoms with Crippen molar-refractivity contribution >= 4 is 0 Å². The maximum Gasteiger partial charge on any atom is 0.248 e. The van der Waals surface area contributed by atoms with Crippen LogP contribution in [-0.2, 0) is 0 Å². The monoisotopic (exact) mass is 550 g/mol. The van der Waals surface area contributed by atoms with Crippen LogP contribution in [0, 0.1) is 13.8 Å². The van der Waals surface area contributed by atoms with Gasteiger partial charge in [0.25, 0.3) is 0 Å². The summed E-state index contributed by atoms with van der Waals surface area (Å²) in [6.07, 6.45) is 9.97. The highest BCUT2D eigenvalue weighted by Crippen LogP contribution is 2.33. The van der Waals surface area contributed by atoms with Crippen LogP contribution in [0.5, 0.6) is 5.75 Å². The van der Waals surface area contributed by atoms with Crippen LogP contribution in [0.15, 0.2) is 75.6 Å². The second-order valence-corrected chi connectivity index (χ2v) is 10.6. The van der Waals surface area contributed by atoms with Crippen molar-refractivity contribution in [3.05, 3.63) is 77.9 Å². The van der Waals surface area contributed by atoms with Gasteiger partial charge in [0.05, 0.1) is 6.61 Å². The molecule has 0 aliphatic carbocycles. The molecule has 2 heterocycles. The fourth-order valence-electron chi connectivity index (χ4n) is 4.66. The highest BCUT2D eigenvalue weighted by atomic mass is 16.5. The number of hydrogen-bond acceptors (Lipinski definition) is 7. The maximum atomic E-state index is 6.20. The second-order valence-electron chi connectivity index (χ2n) is 10.6. The van der Waals surface area contributed by atoms with Crippen LogP contribution < -0.4 is 4.74 Å². The van der Waals surface area contributed by atoms with Gasteiger partial charge in [-0.15, -0.1) is 20.4 Å². The standard InChI is InChI=1S/C34H38N4O3/c1-4-5-6-7-8-9-10-11-20-39-30-22-28(33-37-35-31(40-33)26-16-12-24(2)13-17-26)21-29(23-30)34-38-36-32(41-34)27-18-14-25(3)15-19-27/h12-19,21-23H,4-11,20H2,1-3H3. The summed E-state index contributed by atoms with van der Waals surface area (Å²) in [6.45, 7) is 6.98. The zero-order chi connectivity index (χ0) is 28.4. The Morgan fingerprint density at radius 1 is 0.512 bits per heavy atom. The average molecular weight is 551 g/mol. The van der Waals surface area contributed by atoms with Crippen molar-refractivity contribution in [3.63, 3.8) is 0 Å².